The van der Waals surface area contributed by atoms with Crippen molar-refractivity contribution in [3.8, 4) is 0 Å². The van der Waals surface area contributed by atoms with Crippen molar-refractivity contribution < 1.29 is 4.79 Å². The standard InChI is InChI=1S/C20H33N5O/c1-4-22-19(23-15-20(2,3)18(21)26)24-17-10-12-25(13-11-17)14-16-8-6-5-7-9-16/h5-9,17H,4,10-15H2,1-3H3,(H2,21,26)(H2,22,23,24). The van der Waals surface area contributed by atoms with Crippen LogP contribution < -0.4 is 16.4 Å². The zero-order valence-corrected chi connectivity index (χ0v) is 16.3. The minimum absolute atomic E-state index is 0.327. The largest absolute Gasteiger partial charge is 0.369 e. The average Bonchev–Trinajstić information content (AvgIpc) is 2.62. The Balaban J connectivity index is 1.84. The maximum Gasteiger partial charge on any atom is 0.224 e. The number of carbonyl (C=O) groups excluding carboxylic acids is 1. The van der Waals surface area contributed by atoms with E-state index in [1.807, 2.05) is 20.8 Å². The van der Waals surface area contributed by atoms with Gasteiger partial charge < -0.3 is 16.4 Å². The highest BCUT2D eigenvalue weighted by molar-refractivity contribution is 5.82. The molecule has 4 N–H and O–H groups in total. The summed E-state index contributed by atoms with van der Waals surface area (Å²) < 4.78 is 0. The summed E-state index contributed by atoms with van der Waals surface area (Å²) in [5.41, 5.74) is 6.16. The number of carbonyl (C=O) groups is 1. The van der Waals surface area contributed by atoms with Gasteiger partial charge in [-0.15, -0.1) is 0 Å². The lowest BCUT2D eigenvalue weighted by Crippen LogP contribution is -2.49. The molecule has 1 aromatic rings. The van der Waals surface area contributed by atoms with Crippen molar-refractivity contribution >= 4 is 11.9 Å². The van der Waals surface area contributed by atoms with Gasteiger partial charge >= 0.3 is 0 Å². The molecule has 1 heterocycles. The van der Waals surface area contributed by atoms with Gasteiger partial charge in [0.1, 0.15) is 0 Å². The van der Waals surface area contributed by atoms with E-state index < -0.39 is 5.41 Å². The number of aliphatic imine (C=N–C) groups is 1. The second kappa shape index (κ2) is 9.57. The third kappa shape index (κ3) is 6.33. The molecule has 144 valence electrons. The molecule has 1 amide bonds. The maximum absolute atomic E-state index is 11.5. The van der Waals surface area contributed by atoms with Crippen LogP contribution >= 0.6 is 0 Å². The van der Waals surface area contributed by atoms with Gasteiger partial charge in [-0.05, 0) is 39.2 Å². The lowest BCUT2D eigenvalue weighted by Gasteiger charge is -2.33. The van der Waals surface area contributed by atoms with Gasteiger partial charge in [-0.1, -0.05) is 30.3 Å². The Morgan fingerprint density at radius 3 is 2.50 bits per heavy atom. The Bertz CT molecular complexity index is 591. The summed E-state index contributed by atoms with van der Waals surface area (Å²) in [6, 6.07) is 11.0. The van der Waals surface area contributed by atoms with Crippen molar-refractivity contribution in [2.24, 2.45) is 16.1 Å². The van der Waals surface area contributed by atoms with Gasteiger partial charge in [-0.3, -0.25) is 14.7 Å². The normalized spacial score (nSPS) is 17.1. The fourth-order valence-corrected chi connectivity index (χ4v) is 2.95. The number of amides is 1. The van der Waals surface area contributed by atoms with Gasteiger partial charge in [0.25, 0.3) is 0 Å². The molecule has 6 heteroatoms. The fourth-order valence-electron chi connectivity index (χ4n) is 2.95. The van der Waals surface area contributed by atoms with Gasteiger partial charge in [0.2, 0.25) is 5.91 Å². The number of rotatable bonds is 7. The summed E-state index contributed by atoms with van der Waals surface area (Å²) in [5, 5.41) is 6.78. The fraction of sp³-hybridized carbons (Fsp3) is 0.600. The van der Waals surface area contributed by atoms with E-state index in [1.54, 1.807) is 0 Å². The van der Waals surface area contributed by atoms with Crippen LogP contribution in [0.3, 0.4) is 0 Å². The summed E-state index contributed by atoms with van der Waals surface area (Å²) in [5.74, 6) is 0.439. The van der Waals surface area contributed by atoms with E-state index in [1.165, 1.54) is 5.56 Å². The molecule has 1 aliphatic heterocycles. The molecule has 0 unspecified atom stereocenters. The SMILES string of the molecule is CCNC(=NCC(C)(C)C(N)=O)NC1CCN(Cc2ccccc2)CC1. The predicted molar refractivity (Wildman–Crippen MR) is 107 cm³/mol. The molecule has 6 nitrogen and oxygen atoms in total. The molecular formula is C20H33N5O. The van der Waals surface area contributed by atoms with Crippen LogP contribution in [-0.4, -0.2) is 49.0 Å². The zero-order valence-electron chi connectivity index (χ0n) is 16.3. The molecule has 1 saturated heterocycles. The number of benzene rings is 1. The monoisotopic (exact) mass is 359 g/mol. The molecule has 0 aromatic heterocycles. The van der Waals surface area contributed by atoms with Crippen molar-refractivity contribution in [3.63, 3.8) is 0 Å². The minimum atomic E-state index is -0.638. The van der Waals surface area contributed by atoms with E-state index in [2.05, 4.69) is 50.9 Å². The van der Waals surface area contributed by atoms with Crippen molar-refractivity contribution in [1.29, 1.82) is 0 Å². The molecule has 0 atom stereocenters. The Kier molecular flexibility index (Phi) is 7.45. The average molecular weight is 360 g/mol. The highest BCUT2D eigenvalue weighted by atomic mass is 16.1. The molecule has 1 aliphatic rings. The van der Waals surface area contributed by atoms with Gasteiger partial charge in [-0.25, -0.2) is 0 Å². The number of hydrogen-bond donors (Lipinski definition) is 3. The smallest absolute Gasteiger partial charge is 0.224 e. The van der Waals surface area contributed by atoms with Crippen LogP contribution in [0, 0.1) is 5.41 Å². The van der Waals surface area contributed by atoms with Gasteiger partial charge in [0.05, 0.1) is 12.0 Å². The Morgan fingerprint density at radius 1 is 1.27 bits per heavy atom. The molecule has 0 saturated carbocycles. The van der Waals surface area contributed by atoms with Crippen LogP contribution in [0.2, 0.25) is 0 Å². The summed E-state index contributed by atoms with van der Waals surface area (Å²) >= 11 is 0. The van der Waals surface area contributed by atoms with E-state index in [4.69, 9.17) is 5.73 Å². The first-order chi connectivity index (χ1) is 12.4. The highest BCUT2D eigenvalue weighted by Gasteiger charge is 2.25. The Morgan fingerprint density at radius 2 is 1.92 bits per heavy atom. The predicted octanol–water partition coefficient (Wildman–Crippen LogP) is 1.72. The minimum Gasteiger partial charge on any atom is -0.369 e. The van der Waals surface area contributed by atoms with Crippen molar-refractivity contribution in [3.05, 3.63) is 35.9 Å². The van der Waals surface area contributed by atoms with E-state index in [0.717, 1.165) is 45.0 Å². The van der Waals surface area contributed by atoms with Crippen LogP contribution in [0.5, 0.6) is 0 Å². The van der Waals surface area contributed by atoms with E-state index >= 15 is 0 Å². The lowest BCUT2D eigenvalue weighted by molar-refractivity contribution is -0.125. The molecular weight excluding hydrogens is 326 g/mol. The second-order valence-electron chi connectivity index (χ2n) is 7.62. The van der Waals surface area contributed by atoms with E-state index in [0.29, 0.717) is 12.6 Å². The molecule has 26 heavy (non-hydrogen) atoms. The van der Waals surface area contributed by atoms with E-state index in [-0.39, 0.29) is 5.91 Å². The summed E-state index contributed by atoms with van der Waals surface area (Å²) in [4.78, 5) is 18.5. The number of guanidine groups is 1. The van der Waals surface area contributed by atoms with Crippen LogP contribution in [0.1, 0.15) is 39.2 Å². The van der Waals surface area contributed by atoms with Crippen molar-refractivity contribution in [1.82, 2.24) is 15.5 Å². The first-order valence-corrected chi connectivity index (χ1v) is 9.51. The van der Waals surface area contributed by atoms with Gasteiger partial charge in [0.15, 0.2) is 5.96 Å². The van der Waals surface area contributed by atoms with Crippen molar-refractivity contribution in [2.75, 3.05) is 26.2 Å². The maximum atomic E-state index is 11.5. The lowest BCUT2D eigenvalue weighted by atomic mass is 9.93. The number of nitrogens with one attached hydrogen (secondary N) is 2. The molecule has 1 fully saturated rings. The number of nitrogens with zero attached hydrogens (tertiary/aromatic N) is 2. The molecule has 2 rings (SSSR count). The third-order valence-corrected chi connectivity index (χ3v) is 4.82. The molecule has 0 aliphatic carbocycles. The number of piperidine rings is 1. The number of likely N-dealkylation sites (tertiary alicyclic amines) is 1. The Labute approximate surface area is 157 Å². The number of primary amides is 1. The van der Waals surface area contributed by atoms with Gasteiger partial charge in [-0.2, -0.15) is 0 Å². The molecule has 0 spiro atoms. The molecule has 0 bridgehead atoms. The Hall–Kier alpha value is -2.08. The molecule has 0 radical (unpaired) electrons. The first kappa shape index (κ1) is 20.2. The van der Waals surface area contributed by atoms with Crippen LogP contribution in [0.4, 0.5) is 0 Å². The van der Waals surface area contributed by atoms with Gasteiger partial charge in [0, 0.05) is 32.2 Å². The van der Waals surface area contributed by atoms with Crippen LogP contribution in [-0.2, 0) is 11.3 Å². The molecule has 1 aromatic carbocycles. The highest BCUT2D eigenvalue weighted by Crippen LogP contribution is 2.15. The first-order valence-electron chi connectivity index (χ1n) is 9.51. The zero-order chi connectivity index (χ0) is 19.0. The second-order valence-corrected chi connectivity index (χ2v) is 7.62. The topological polar surface area (TPSA) is 82.7 Å². The summed E-state index contributed by atoms with van der Waals surface area (Å²) in [6.07, 6.45) is 2.16. The van der Waals surface area contributed by atoms with Crippen molar-refractivity contribution in [2.45, 2.75) is 46.2 Å². The summed E-state index contributed by atoms with van der Waals surface area (Å²) in [7, 11) is 0. The summed E-state index contributed by atoms with van der Waals surface area (Å²) in [6.45, 7) is 10.0. The third-order valence-electron chi connectivity index (χ3n) is 4.82. The number of nitrogens with two attached hydrogens (primary N) is 1. The van der Waals surface area contributed by atoms with E-state index in [9.17, 15) is 4.79 Å². The quantitative estimate of drug-likeness (QED) is 0.511. The van der Waals surface area contributed by atoms with Crippen LogP contribution in [0.25, 0.3) is 0 Å². The van der Waals surface area contributed by atoms with Crippen LogP contribution in [0.15, 0.2) is 35.3 Å². The number of hydrogen-bond acceptors (Lipinski definition) is 3.